The summed E-state index contributed by atoms with van der Waals surface area (Å²) in [6, 6.07) is 6.30. The molecule has 0 radical (unpaired) electrons. The summed E-state index contributed by atoms with van der Waals surface area (Å²) in [7, 11) is 0. The molecule has 3 rings (SSSR count). The SMILES string of the molecule is CCCC(=O)N1CCC(C(=O)N2CCC(Oc3cc(C)ccc3C)CC2)CC1. The predicted molar refractivity (Wildman–Crippen MR) is 110 cm³/mol. The molecule has 0 aromatic heterocycles. The lowest BCUT2D eigenvalue weighted by molar-refractivity contribution is -0.142. The smallest absolute Gasteiger partial charge is 0.225 e. The van der Waals surface area contributed by atoms with Crippen molar-refractivity contribution in [1.29, 1.82) is 0 Å². The number of aryl methyl sites for hydroxylation is 2. The zero-order valence-corrected chi connectivity index (χ0v) is 17.6. The molecule has 0 N–H and O–H groups in total. The van der Waals surface area contributed by atoms with E-state index in [0.29, 0.717) is 6.42 Å². The third kappa shape index (κ3) is 5.06. The van der Waals surface area contributed by atoms with Crippen molar-refractivity contribution in [2.75, 3.05) is 26.2 Å². The number of piperidine rings is 2. The third-order valence-electron chi connectivity index (χ3n) is 6.05. The molecule has 154 valence electrons. The van der Waals surface area contributed by atoms with Crippen LogP contribution in [0, 0.1) is 19.8 Å². The Morgan fingerprint density at radius 1 is 1.00 bits per heavy atom. The second-order valence-electron chi connectivity index (χ2n) is 8.32. The minimum atomic E-state index is 0.0714. The maximum absolute atomic E-state index is 12.9. The van der Waals surface area contributed by atoms with E-state index in [1.54, 1.807) is 0 Å². The van der Waals surface area contributed by atoms with Crippen LogP contribution in [0.25, 0.3) is 0 Å². The maximum Gasteiger partial charge on any atom is 0.225 e. The number of hydrogen-bond acceptors (Lipinski definition) is 3. The van der Waals surface area contributed by atoms with Gasteiger partial charge >= 0.3 is 0 Å². The fraction of sp³-hybridized carbons (Fsp3) is 0.652. The van der Waals surface area contributed by atoms with Crippen molar-refractivity contribution in [3.05, 3.63) is 29.3 Å². The van der Waals surface area contributed by atoms with E-state index in [1.165, 1.54) is 5.56 Å². The van der Waals surface area contributed by atoms with Gasteiger partial charge in [-0.2, -0.15) is 0 Å². The van der Waals surface area contributed by atoms with Gasteiger partial charge in [0.25, 0.3) is 0 Å². The van der Waals surface area contributed by atoms with Gasteiger partial charge in [0.1, 0.15) is 11.9 Å². The van der Waals surface area contributed by atoms with Gasteiger partial charge in [-0.25, -0.2) is 0 Å². The predicted octanol–water partition coefficient (Wildman–Crippen LogP) is 3.71. The highest BCUT2D eigenvalue weighted by molar-refractivity contribution is 5.80. The topological polar surface area (TPSA) is 49.9 Å². The van der Waals surface area contributed by atoms with Crippen molar-refractivity contribution >= 4 is 11.8 Å². The van der Waals surface area contributed by atoms with Crippen molar-refractivity contribution in [3.63, 3.8) is 0 Å². The molecule has 2 fully saturated rings. The van der Waals surface area contributed by atoms with E-state index in [-0.39, 0.29) is 23.8 Å². The summed E-state index contributed by atoms with van der Waals surface area (Å²) in [4.78, 5) is 28.9. The number of amides is 2. The van der Waals surface area contributed by atoms with Gasteiger partial charge in [-0.1, -0.05) is 19.1 Å². The molecule has 5 heteroatoms. The Kier molecular flexibility index (Phi) is 6.97. The maximum atomic E-state index is 12.9. The Morgan fingerprint density at radius 3 is 2.29 bits per heavy atom. The standard InChI is InChI=1S/C23H34N2O3/c1-4-5-22(26)24-12-8-19(9-13-24)23(27)25-14-10-20(11-15-25)28-21-16-17(2)6-7-18(21)3/h6-7,16,19-20H,4-5,8-15H2,1-3H3. The zero-order chi connectivity index (χ0) is 20.1. The Morgan fingerprint density at radius 2 is 1.64 bits per heavy atom. The average Bonchev–Trinajstić information content (AvgIpc) is 2.71. The Balaban J connectivity index is 1.45. The Bertz CT molecular complexity index is 687. The van der Waals surface area contributed by atoms with E-state index < -0.39 is 0 Å². The van der Waals surface area contributed by atoms with Crippen LogP contribution >= 0.6 is 0 Å². The molecule has 2 amide bonds. The van der Waals surface area contributed by atoms with E-state index in [0.717, 1.165) is 69.6 Å². The van der Waals surface area contributed by atoms with Crippen LogP contribution < -0.4 is 4.74 Å². The first-order chi connectivity index (χ1) is 13.5. The van der Waals surface area contributed by atoms with Crippen LogP contribution in [0.15, 0.2) is 18.2 Å². The second kappa shape index (κ2) is 9.44. The molecule has 0 bridgehead atoms. The minimum absolute atomic E-state index is 0.0714. The monoisotopic (exact) mass is 386 g/mol. The molecule has 1 aromatic rings. The molecule has 2 saturated heterocycles. The van der Waals surface area contributed by atoms with Crippen LogP contribution in [0.1, 0.15) is 56.6 Å². The van der Waals surface area contributed by atoms with Gasteiger partial charge in [-0.15, -0.1) is 0 Å². The van der Waals surface area contributed by atoms with Crippen molar-refractivity contribution in [2.24, 2.45) is 5.92 Å². The van der Waals surface area contributed by atoms with E-state index in [1.807, 2.05) is 16.7 Å². The number of carbonyl (C=O) groups is 2. The summed E-state index contributed by atoms with van der Waals surface area (Å²) >= 11 is 0. The highest BCUT2D eigenvalue weighted by Gasteiger charge is 2.32. The lowest BCUT2D eigenvalue weighted by atomic mass is 9.94. The van der Waals surface area contributed by atoms with Crippen molar-refractivity contribution < 1.29 is 14.3 Å². The molecule has 28 heavy (non-hydrogen) atoms. The fourth-order valence-electron chi connectivity index (χ4n) is 4.21. The normalized spacial score (nSPS) is 19.0. The van der Waals surface area contributed by atoms with Gasteiger partial charge in [0.2, 0.25) is 11.8 Å². The summed E-state index contributed by atoms with van der Waals surface area (Å²) in [5.41, 5.74) is 2.37. The number of benzene rings is 1. The quantitative estimate of drug-likeness (QED) is 0.775. The van der Waals surface area contributed by atoms with Crippen molar-refractivity contribution in [3.8, 4) is 5.75 Å². The van der Waals surface area contributed by atoms with E-state index in [4.69, 9.17) is 4.74 Å². The van der Waals surface area contributed by atoms with Crippen LogP contribution in [0.3, 0.4) is 0 Å². The van der Waals surface area contributed by atoms with Crippen LogP contribution in [0.4, 0.5) is 0 Å². The molecule has 0 aliphatic carbocycles. The molecule has 0 unspecified atom stereocenters. The van der Waals surface area contributed by atoms with Gasteiger partial charge in [0.05, 0.1) is 0 Å². The molecular formula is C23H34N2O3. The number of ether oxygens (including phenoxy) is 1. The third-order valence-corrected chi connectivity index (χ3v) is 6.05. The molecule has 2 aliphatic rings. The molecule has 0 saturated carbocycles. The second-order valence-corrected chi connectivity index (χ2v) is 8.32. The number of hydrogen-bond donors (Lipinski definition) is 0. The molecule has 0 atom stereocenters. The van der Waals surface area contributed by atoms with Gasteiger partial charge in [-0.05, 0) is 50.3 Å². The first kappa shape index (κ1) is 20.7. The Hall–Kier alpha value is -2.04. The van der Waals surface area contributed by atoms with E-state index in [2.05, 4.69) is 32.0 Å². The molecule has 1 aromatic carbocycles. The highest BCUT2D eigenvalue weighted by atomic mass is 16.5. The van der Waals surface area contributed by atoms with Crippen LogP contribution in [-0.4, -0.2) is 53.9 Å². The minimum Gasteiger partial charge on any atom is -0.490 e. The lowest BCUT2D eigenvalue weighted by Gasteiger charge is -2.37. The van der Waals surface area contributed by atoms with Crippen molar-refractivity contribution in [2.45, 2.75) is 65.4 Å². The number of nitrogens with zero attached hydrogens (tertiary/aromatic N) is 2. The zero-order valence-electron chi connectivity index (χ0n) is 17.6. The largest absolute Gasteiger partial charge is 0.490 e. The summed E-state index contributed by atoms with van der Waals surface area (Å²) in [5.74, 6) is 1.54. The lowest BCUT2D eigenvalue weighted by Crippen LogP contribution is -2.47. The van der Waals surface area contributed by atoms with Crippen LogP contribution in [-0.2, 0) is 9.59 Å². The molecular weight excluding hydrogens is 352 g/mol. The van der Waals surface area contributed by atoms with E-state index >= 15 is 0 Å². The number of likely N-dealkylation sites (tertiary alicyclic amines) is 2. The average molecular weight is 387 g/mol. The van der Waals surface area contributed by atoms with Crippen LogP contribution in [0.2, 0.25) is 0 Å². The number of carbonyl (C=O) groups excluding carboxylic acids is 2. The van der Waals surface area contributed by atoms with Gasteiger partial charge in [0, 0.05) is 51.4 Å². The molecule has 5 nitrogen and oxygen atoms in total. The summed E-state index contributed by atoms with van der Waals surface area (Å²) in [5, 5.41) is 0. The fourth-order valence-corrected chi connectivity index (χ4v) is 4.21. The Labute approximate surface area is 169 Å². The molecule has 2 aliphatic heterocycles. The van der Waals surface area contributed by atoms with Gasteiger partial charge < -0.3 is 14.5 Å². The van der Waals surface area contributed by atoms with E-state index in [9.17, 15) is 9.59 Å². The first-order valence-electron chi connectivity index (χ1n) is 10.8. The molecule has 2 heterocycles. The summed E-state index contributed by atoms with van der Waals surface area (Å²) < 4.78 is 6.22. The highest BCUT2D eigenvalue weighted by Crippen LogP contribution is 2.26. The summed E-state index contributed by atoms with van der Waals surface area (Å²) in [6.07, 6.45) is 5.04. The number of rotatable bonds is 5. The van der Waals surface area contributed by atoms with Crippen molar-refractivity contribution in [1.82, 2.24) is 9.80 Å². The van der Waals surface area contributed by atoms with Crippen LogP contribution in [0.5, 0.6) is 5.75 Å². The molecule has 0 spiro atoms. The first-order valence-corrected chi connectivity index (χ1v) is 10.8. The van der Waals surface area contributed by atoms with Gasteiger partial charge in [0.15, 0.2) is 0 Å². The summed E-state index contributed by atoms with van der Waals surface area (Å²) in [6.45, 7) is 9.16. The van der Waals surface area contributed by atoms with Gasteiger partial charge in [-0.3, -0.25) is 9.59 Å².